The molecule has 4 rings (SSSR count). The summed E-state index contributed by atoms with van der Waals surface area (Å²) in [6.07, 6.45) is 12.8. The number of carbonyl (C=O) groups is 1. The van der Waals surface area contributed by atoms with Crippen LogP contribution in [0.4, 0.5) is 0 Å². The van der Waals surface area contributed by atoms with Gasteiger partial charge in [0.05, 0.1) is 6.10 Å². The fourth-order valence-corrected chi connectivity index (χ4v) is 8.17. The van der Waals surface area contributed by atoms with Gasteiger partial charge in [0, 0.05) is 38.1 Å². The molecule has 1 amide bonds. The number of pyridine rings is 1. The Morgan fingerprint density at radius 1 is 1.11 bits per heavy atom. The van der Waals surface area contributed by atoms with E-state index in [0.29, 0.717) is 42.7 Å². The summed E-state index contributed by atoms with van der Waals surface area (Å²) in [5.41, 5.74) is 4.52. The SMILES string of the molecule is CC1=C(CCC(=O)NCCCOCCCc2ccccn2)[C@@H]2CC[C@H]3C(C)(C)[C@@H](O)CC[C@]3(C)[C@H]2CC1. The molecule has 206 valence electrons. The number of hydrogen-bond acceptors (Lipinski definition) is 4. The fraction of sp³-hybridized carbons (Fsp3) is 0.750. The van der Waals surface area contributed by atoms with Gasteiger partial charge in [-0.1, -0.05) is 38.0 Å². The van der Waals surface area contributed by atoms with E-state index >= 15 is 0 Å². The van der Waals surface area contributed by atoms with Crippen molar-refractivity contribution in [1.29, 1.82) is 0 Å². The summed E-state index contributed by atoms with van der Waals surface area (Å²) in [5.74, 6) is 2.06. The maximum Gasteiger partial charge on any atom is 0.220 e. The predicted octanol–water partition coefficient (Wildman–Crippen LogP) is 6.26. The first-order valence-electron chi connectivity index (χ1n) is 14.8. The van der Waals surface area contributed by atoms with Gasteiger partial charge in [0.2, 0.25) is 5.91 Å². The highest BCUT2D eigenvalue weighted by atomic mass is 16.5. The van der Waals surface area contributed by atoms with Gasteiger partial charge in [0.15, 0.2) is 0 Å². The van der Waals surface area contributed by atoms with Crippen molar-refractivity contribution in [2.45, 2.75) is 104 Å². The van der Waals surface area contributed by atoms with Gasteiger partial charge in [-0.2, -0.15) is 0 Å². The highest BCUT2D eigenvalue weighted by Crippen LogP contribution is 2.64. The van der Waals surface area contributed by atoms with Crippen molar-refractivity contribution in [3.05, 3.63) is 41.2 Å². The second-order valence-corrected chi connectivity index (χ2v) is 12.8. The number of amides is 1. The van der Waals surface area contributed by atoms with E-state index in [2.05, 4.69) is 38.0 Å². The van der Waals surface area contributed by atoms with E-state index in [-0.39, 0.29) is 17.4 Å². The summed E-state index contributed by atoms with van der Waals surface area (Å²) < 4.78 is 5.74. The third-order valence-corrected chi connectivity index (χ3v) is 10.3. The first kappa shape index (κ1) is 28.3. The Hall–Kier alpha value is -1.72. The lowest BCUT2D eigenvalue weighted by Crippen LogP contribution is -2.56. The van der Waals surface area contributed by atoms with Gasteiger partial charge in [-0.15, -0.1) is 0 Å². The number of aromatic nitrogens is 1. The summed E-state index contributed by atoms with van der Waals surface area (Å²) in [4.78, 5) is 17.0. The molecule has 0 saturated heterocycles. The number of carbonyl (C=O) groups excluding carboxylic acids is 1. The fourth-order valence-electron chi connectivity index (χ4n) is 8.17. The van der Waals surface area contributed by atoms with Crippen molar-refractivity contribution < 1.29 is 14.6 Å². The molecule has 37 heavy (non-hydrogen) atoms. The maximum absolute atomic E-state index is 12.6. The van der Waals surface area contributed by atoms with Crippen LogP contribution in [0.15, 0.2) is 35.5 Å². The highest BCUT2D eigenvalue weighted by Gasteiger charge is 2.58. The number of ether oxygens (including phenoxy) is 1. The predicted molar refractivity (Wildman–Crippen MR) is 149 cm³/mol. The molecule has 3 aliphatic rings. The van der Waals surface area contributed by atoms with Crippen LogP contribution in [-0.4, -0.2) is 41.9 Å². The van der Waals surface area contributed by atoms with Gasteiger partial charge in [0.1, 0.15) is 0 Å². The van der Waals surface area contributed by atoms with Gasteiger partial charge in [0.25, 0.3) is 0 Å². The quantitative estimate of drug-likeness (QED) is 0.272. The average molecular weight is 511 g/mol. The number of aliphatic hydroxyl groups excluding tert-OH is 1. The third kappa shape index (κ3) is 6.47. The van der Waals surface area contributed by atoms with Crippen molar-refractivity contribution in [1.82, 2.24) is 10.3 Å². The first-order valence-corrected chi connectivity index (χ1v) is 14.8. The average Bonchev–Trinajstić information content (AvgIpc) is 2.88. The van der Waals surface area contributed by atoms with Gasteiger partial charge in [-0.25, -0.2) is 0 Å². The standard InChI is InChI=1S/C32H50N2O3/c1-23-11-14-27-26(12-15-28-31(2,3)29(35)17-18-32(27,28)4)25(23)13-16-30(36)34-20-8-22-37-21-7-10-24-9-5-6-19-33-24/h5-6,9,19,26-29,35H,7-8,10-18,20-22H2,1-4H3,(H,34,36)/t26-,27-,28-,29-,32+/m0/s1. The Morgan fingerprint density at radius 2 is 1.92 bits per heavy atom. The lowest BCUT2D eigenvalue weighted by atomic mass is 9.43. The lowest BCUT2D eigenvalue weighted by molar-refractivity contribution is -0.149. The second-order valence-electron chi connectivity index (χ2n) is 12.8. The van der Waals surface area contributed by atoms with Crippen LogP contribution in [-0.2, 0) is 16.0 Å². The third-order valence-electron chi connectivity index (χ3n) is 10.3. The van der Waals surface area contributed by atoms with E-state index < -0.39 is 0 Å². The van der Waals surface area contributed by atoms with Crippen molar-refractivity contribution in [2.24, 2.45) is 28.6 Å². The molecule has 1 aromatic heterocycles. The molecule has 0 aromatic carbocycles. The normalized spacial score (nSPS) is 30.9. The van der Waals surface area contributed by atoms with Gasteiger partial charge in [-0.05, 0) is 112 Å². The van der Waals surface area contributed by atoms with Crippen molar-refractivity contribution in [2.75, 3.05) is 19.8 Å². The molecule has 2 saturated carbocycles. The Morgan fingerprint density at radius 3 is 2.70 bits per heavy atom. The zero-order valence-corrected chi connectivity index (χ0v) is 23.7. The minimum absolute atomic E-state index is 0.00294. The second kappa shape index (κ2) is 12.4. The van der Waals surface area contributed by atoms with Crippen LogP contribution >= 0.6 is 0 Å². The number of fused-ring (bicyclic) bond motifs is 3. The summed E-state index contributed by atoms with van der Waals surface area (Å²) in [7, 11) is 0. The molecule has 0 unspecified atom stereocenters. The van der Waals surface area contributed by atoms with E-state index in [1.165, 1.54) is 31.3 Å². The molecule has 1 aromatic rings. The largest absolute Gasteiger partial charge is 0.393 e. The minimum atomic E-state index is -0.178. The van der Waals surface area contributed by atoms with Crippen molar-refractivity contribution >= 4 is 5.91 Å². The summed E-state index contributed by atoms with van der Waals surface area (Å²) in [5, 5.41) is 13.9. The number of aryl methyl sites for hydroxylation is 1. The molecule has 5 nitrogen and oxygen atoms in total. The molecule has 1 heterocycles. The molecule has 2 fully saturated rings. The van der Waals surface area contributed by atoms with Gasteiger partial charge >= 0.3 is 0 Å². The molecular formula is C32H50N2O3. The highest BCUT2D eigenvalue weighted by molar-refractivity contribution is 5.76. The summed E-state index contributed by atoms with van der Waals surface area (Å²) >= 11 is 0. The Kier molecular flexibility index (Phi) is 9.50. The molecule has 3 aliphatic carbocycles. The molecule has 0 spiro atoms. The monoisotopic (exact) mass is 510 g/mol. The molecule has 2 N–H and O–H groups in total. The first-order chi connectivity index (χ1) is 17.7. The molecular weight excluding hydrogens is 460 g/mol. The van der Waals surface area contributed by atoms with Crippen molar-refractivity contribution in [3.8, 4) is 0 Å². The summed E-state index contributed by atoms with van der Waals surface area (Å²) in [6.45, 7) is 11.5. The van der Waals surface area contributed by atoms with Crippen LogP contribution in [0.2, 0.25) is 0 Å². The van der Waals surface area contributed by atoms with E-state index in [9.17, 15) is 9.90 Å². The maximum atomic E-state index is 12.6. The van der Waals surface area contributed by atoms with Crippen LogP contribution < -0.4 is 5.32 Å². The number of nitrogens with zero attached hydrogens (tertiary/aromatic N) is 1. The van der Waals surface area contributed by atoms with E-state index in [4.69, 9.17) is 4.74 Å². The van der Waals surface area contributed by atoms with Gasteiger partial charge in [-0.3, -0.25) is 9.78 Å². The molecule has 0 bridgehead atoms. The molecule has 5 heteroatoms. The smallest absolute Gasteiger partial charge is 0.220 e. The van der Waals surface area contributed by atoms with Crippen molar-refractivity contribution in [3.63, 3.8) is 0 Å². The Bertz CT molecular complexity index is 927. The Labute approximate surface area is 224 Å². The van der Waals surface area contributed by atoms with Crippen LogP contribution in [0.3, 0.4) is 0 Å². The number of rotatable bonds is 11. The zero-order valence-electron chi connectivity index (χ0n) is 23.7. The van der Waals surface area contributed by atoms with Crippen LogP contribution in [0.25, 0.3) is 0 Å². The molecule has 5 atom stereocenters. The topological polar surface area (TPSA) is 71.5 Å². The van der Waals surface area contributed by atoms with Crippen LogP contribution in [0.5, 0.6) is 0 Å². The number of hydrogen-bond donors (Lipinski definition) is 2. The number of allylic oxidation sites excluding steroid dienone is 2. The van der Waals surface area contributed by atoms with E-state index in [1.54, 1.807) is 5.57 Å². The Balaban J connectivity index is 1.18. The van der Waals surface area contributed by atoms with E-state index in [0.717, 1.165) is 50.8 Å². The zero-order chi connectivity index (χ0) is 26.5. The lowest BCUT2D eigenvalue weighted by Gasteiger charge is -2.62. The molecule has 0 radical (unpaired) electrons. The number of aliphatic hydroxyl groups is 1. The number of nitrogens with one attached hydrogen (secondary N) is 1. The van der Waals surface area contributed by atoms with Gasteiger partial charge < -0.3 is 15.2 Å². The summed E-state index contributed by atoms with van der Waals surface area (Å²) in [6, 6.07) is 6.01. The van der Waals surface area contributed by atoms with Crippen LogP contribution in [0, 0.1) is 28.6 Å². The van der Waals surface area contributed by atoms with E-state index in [1.807, 2.05) is 24.4 Å². The molecule has 0 aliphatic heterocycles. The van der Waals surface area contributed by atoms with Crippen LogP contribution in [0.1, 0.15) is 97.6 Å². The minimum Gasteiger partial charge on any atom is -0.393 e.